The van der Waals surface area contributed by atoms with Crippen LogP contribution in [0.1, 0.15) is 44.6 Å². The monoisotopic (exact) mass is 285 g/mol. The van der Waals surface area contributed by atoms with Crippen molar-refractivity contribution < 1.29 is 4.74 Å². The molecule has 0 aliphatic carbocycles. The van der Waals surface area contributed by atoms with Crippen molar-refractivity contribution in [3.05, 3.63) is 36.0 Å². The van der Waals surface area contributed by atoms with Crippen molar-refractivity contribution in [1.82, 2.24) is 4.98 Å². The summed E-state index contributed by atoms with van der Waals surface area (Å²) in [5, 5.41) is 8.60. The molecule has 0 saturated carbocycles. The second-order valence-corrected chi connectivity index (χ2v) is 5.19. The summed E-state index contributed by atoms with van der Waals surface area (Å²) in [6.07, 6.45) is 7.58. The van der Waals surface area contributed by atoms with Gasteiger partial charge >= 0.3 is 0 Å². The van der Waals surface area contributed by atoms with Gasteiger partial charge < -0.3 is 10.5 Å². The highest BCUT2D eigenvalue weighted by Crippen LogP contribution is 2.28. The normalized spacial score (nSPS) is 10.7. The van der Waals surface area contributed by atoms with Crippen molar-refractivity contribution in [3.63, 3.8) is 0 Å². The molecule has 2 aromatic rings. The fourth-order valence-corrected chi connectivity index (χ4v) is 2.34. The SMILES string of the molecule is CCCCCCCOc1c(C(=N)N)cnc2ccccc12. The van der Waals surface area contributed by atoms with Crippen LogP contribution < -0.4 is 10.5 Å². The number of pyridine rings is 1. The molecule has 3 N–H and O–H groups in total. The van der Waals surface area contributed by atoms with Crippen LogP contribution in [0.4, 0.5) is 0 Å². The molecule has 1 aromatic heterocycles. The Kier molecular flexibility index (Phi) is 5.55. The lowest BCUT2D eigenvalue weighted by Gasteiger charge is -2.13. The van der Waals surface area contributed by atoms with Gasteiger partial charge in [-0.05, 0) is 18.6 Å². The van der Waals surface area contributed by atoms with E-state index in [-0.39, 0.29) is 5.84 Å². The summed E-state index contributed by atoms with van der Waals surface area (Å²) in [5.41, 5.74) is 7.07. The van der Waals surface area contributed by atoms with Crippen LogP contribution in [0.25, 0.3) is 10.9 Å². The van der Waals surface area contributed by atoms with Gasteiger partial charge in [-0.25, -0.2) is 0 Å². The molecule has 0 fully saturated rings. The quantitative estimate of drug-likeness (QED) is 0.439. The third-order valence-electron chi connectivity index (χ3n) is 3.51. The summed E-state index contributed by atoms with van der Waals surface area (Å²) < 4.78 is 5.93. The molecule has 1 heterocycles. The first kappa shape index (κ1) is 15.3. The zero-order valence-electron chi connectivity index (χ0n) is 12.6. The topological polar surface area (TPSA) is 72.0 Å². The summed E-state index contributed by atoms with van der Waals surface area (Å²) in [5.74, 6) is 0.679. The molecule has 0 amide bonds. The lowest BCUT2D eigenvalue weighted by molar-refractivity contribution is 0.307. The lowest BCUT2D eigenvalue weighted by Crippen LogP contribution is -2.14. The maximum atomic E-state index is 7.68. The van der Waals surface area contributed by atoms with Gasteiger partial charge in [-0.2, -0.15) is 0 Å². The van der Waals surface area contributed by atoms with Gasteiger partial charge in [-0.15, -0.1) is 0 Å². The Hall–Kier alpha value is -2.10. The van der Waals surface area contributed by atoms with E-state index in [1.807, 2.05) is 24.3 Å². The molecule has 0 aliphatic heterocycles. The number of ether oxygens (including phenoxy) is 1. The zero-order chi connectivity index (χ0) is 15.1. The number of hydrogen-bond acceptors (Lipinski definition) is 3. The number of unbranched alkanes of at least 4 members (excludes halogenated alkanes) is 4. The maximum absolute atomic E-state index is 7.68. The van der Waals surface area contributed by atoms with Crippen molar-refractivity contribution in [2.75, 3.05) is 6.61 Å². The van der Waals surface area contributed by atoms with Crippen molar-refractivity contribution in [3.8, 4) is 5.75 Å². The van der Waals surface area contributed by atoms with E-state index < -0.39 is 0 Å². The van der Waals surface area contributed by atoms with E-state index in [1.165, 1.54) is 25.7 Å². The predicted molar refractivity (Wildman–Crippen MR) is 87.0 cm³/mol. The van der Waals surface area contributed by atoms with Crippen LogP contribution in [0.5, 0.6) is 5.75 Å². The number of benzene rings is 1. The first-order valence-electron chi connectivity index (χ1n) is 7.59. The maximum Gasteiger partial charge on any atom is 0.141 e. The molecule has 0 bridgehead atoms. The Morgan fingerprint density at radius 2 is 1.95 bits per heavy atom. The summed E-state index contributed by atoms with van der Waals surface area (Å²) in [6.45, 7) is 2.86. The lowest BCUT2D eigenvalue weighted by atomic mass is 10.1. The fourth-order valence-electron chi connectivity index (χ4n) is 2.34. The Balaban J connectivity index is 2.12. The van der Waals surface area contributed by atoms with Crippen LogP contribution in [0.3, 0.4) is 0 Å². The Bertz CT molecular complexity index is 610. The Morgan fingerprint density at radius 1 is 1.19 bits per heavy atom. The van der Waals surface area contributed by atoms with Crippen LogP contribution in [0.2, 0.25) is 0 Å². The molecular weight excluding hydrogens is 262 g/mol. The van der Waals surface area contributed by atoms with Crippen LogP contribution >= 0.6 is 0 Å². The molecule has 21 heavy (non-hydrogen) atoms. The molecule has 0 radical (unpaired) electrons. The molecule has 112 valence electrons. The van der Waals surface area contributed by atoms with Crippen molar-refractivity contribution in [2.24, 2.45) is 5.73 Å². The number of para-hydroxylation sites is 1. The minimum absolute atomic E-state index is 0.00534. The van der Waals surface area contributed by atoms with Crippen molar-refractivity contribution >= 4 is 16.7 Å². The molecule has 0 atom stereocenters. The molecule has 0 spiro atoms. The van der Waals surface area contributed by atoms with Gasteiger partial charge in [0, 0.05) is 11.6 Å². The number of aromatic nitrogens is 1. The standard InChI is InChI=1S/C17H23N3O/c1-2-3-4-5-8-11-21-16-13-9-6-7-10-15(13)20-12-14(16)17(18)19/h6-7,9-10,12H,2-5,8,11H2,1H3,(H3,18,19). The second-order valence-electron chi connectivity index (χ2n) is 5.19. The molecule has 4 heteroatoms. The average molecular weight is 285 g/mol. The number of rotatable bonds is 8. The molecule has 1 aromatic carbocycles. The number of nitrogens with one attached hydrogen (secondary N) is 1. The van der Waals surface area contributed by atoms with E-state index in [0.717, 1.165) is 17.3 Å². The highest BCUT2D eigenvalue weighted by molar-refractivity contribution is 6.02. The average Bonchev–Trinajstić information content (AvgIpc) is 2.50. The summed E-state index contributed by atoms with van der Waals surface area (Å²) in [7, 11) is 0. The fraction of sp³-hybridized carbons (Fsp3) is 0.412. The van der Waals surface area contributed by atoms with Crippen molar-refractivity contribution in [1.29, 1.82) is 5.41 Å². The number of hydrogen-bond donors (Lipinski definition) is 2. The number of amidine groups is 1. The van der Waals surface area contributed by atoms with E-state index in [2.05, 4.69) is 11.9 Å². The number of nitrogen functional groups attached to an aromatic ring is 1. The van der Waals surface area contributed by atoms with Gasteiger partial charge in [-0.1, -0.05) is 44.7 Å². The van der Waals surface area contributed by atoms with Gasteiger partial charge in [0.15, 0.2) is 0 Å². The molecule has 2 rings (SSSR count). The molecule has 0 unspecified atom stereocenters. The van der Waals surface area contributed by atoms with Crippen LogP contribution in [-0.2, 0) is 0 Å². The predicted octanol–water partition coefficient (Wildman–Crippen LogP) is 3.87. The molecule has 4 nitrogen and oxygen atoms in total. The van der Waals surface area contributed by atoms with Gasteiger partial charge in [-0.3, -0.25) is 10.4 Å². The largest absolute Gasteiger partial charge is 0.492 e. The highest BCUT2D eigenvalue weighted by Gasteiger charge is 2.12. The number of nitrogens with zero attached hydrogens (tertiary/aromatic N) is 1. The van der Waals surface area contributed by atoms with Gasteiger partial charge in [0.1, 0.15) is 11.6 Å². The van der Waals surface area contributed by atoms with Gasteiger partial charge in [0.05, 0.1) is 17.7 Å². The van der Waals surface area contributed by atoms with Gasteiger partial charge in [0.2, 0.25) is 0 Å². The van der Waals surface area contributed by atoms with Crippen LogP contribution in [0.15, 0.2) is 30.5 Å². The molecular formula is C17H23N3O. The van der Waals surface area contributed by atoms with E-state index in [0.29, 0.717) is 17.9 Å². The summed E-state index contributed by atoms with van der Waals surface area (Å²) in [6, 6.07) is 7.79. The third-order valence-corrected chi connectivity index (χ3v) is 3.51. The molecule has 0 saturated heterocycles. The first-order valence-corrected chi connectivity index (χ1v) is 7.59. The second kappa shape index (κ2) is 7.62. The minimum Gasteiger partial charge on any atom is -0.492 e. The van der Waals surface area contributed by atoms with Crippen LogP contribution in [-0.4, -0.2) is 17.4 Å². The van der Waals surface area contributed by atoms with E-state index in [9.17, 15) is 0 Å². The number of fused-ring (bicyclic) bond motifs is 1. The first-order chi connectivity index (χ1) is 10.2. The summed E-state index contributed by atoms with van der Waals surface area (Å²) in [4.78, 5) is 4.33. The van der Waals surface area contributed by atoms with Gasteiger partial charge in [0.25, 0.3) is 0 Å². The molecule has 0 aliphatic rings. The van der Waals surface area contributed by atoms with E-state index in [4.69, 9.17) is 15.9 Å². The Labute approximate surface area is 125 Å². The Morgan fingerprint density at radius 3 is 2.71 bits per heavy atom. The smallest absolute Gasteiger partial charge is 0.141 e. The van der Waals surface area contributed by atoms with E-state index in [1.54, 1.807) is 6.20 Å². The van der Waals surface area contributed by atoms with E-state index >= 15 is 0 Å². The third kappa shape index (κ3) is 3.94. The number of nitrogens with two attached hydrogens (primary N) is 1. The zero-order valence-corrected chi connectivity index (χ0v) is 12.6. The van der Waals surface area contributed by atoms with Crippen molar-refractivity contribution in [2.45, 2.75) is 39.0 Å². The minimum atomic E-state index is -0.00534. The summed E-state index contributed by atoms with van der Waals surface area (Å²) >= 11 is 0. The highest BCUT2D eigenvalue weighted by atomic mass is 16.5. The van der Waals surface area contributed by atoms with Crippen LogP contribution in [0, 0.1) is 5.41 Å².